The summed E-state index contributed by atoms with van der Waals surface area (Å²) in [5.41, 5.74) is 8.37. The van der Waals surface area contributed by atoms with Crippen LogP contribution in [0.2, 0.25) is 0 Å². The minimum Gasteiger partial charge on any atom is -0.372 e. The number of ether oxygens (including phenoxy) is 1. The van der Waals surface area contributed by atoms with Crippen molar-refractivity contribution in [2.24, 2.45) is 5.73 Å². The third kappa shape index (κ3) is 1.85. The molecule has 0 radical (unpaired) electrons. The van der Waals surface area contributed by atoms with Crippen molar-refractivity contribution < 1.29 is 4.74 Å². The molecular formula is C11H14BrNO. The molecule has 1 aliphatic heterocycles. The van der Waals surface area contributed by atoms with Crippen molar-refractivity contribution in [2.75, 3.05) is 6.61 Å². The molecule has 76 valence electrons. The second kappa shape index (κ2) is 4.01. The topological polar surface area (TPSA) is 35.2 Å². The number of rotatable bonds is 1. The van der Waals surface area contributed by atoms with Gasteiger partial charge >= 0.3 is 0 Å². The number of halogens is 1. The van der Waals surface area contributed by atoms with E-state index in [4.69, 9.17) is 10.5 Å². The molecule has 1 heterocycles. The Labute approximate surface area is 92.6 Å². The summed E-state index contributed by atoms with van der Waals surface area (Å²) in [4.78, 5) is 0. The molecule has 0 bridgehead atoms. The maximum atomic E-state index is 5.96. The summed E-state index contributed by atoms with van der Waals surface area (Å²) in [5.74, 6) is 0. The van der Waals surface area contributed by atoms with Crippen LogP contribution < -0.4 is 5.73 Å². The fourth-order valence-electron chi connectivity index (χ4n) is 1.74. The molecule has 1 aromatic carbocycles. The molecular weight excluding hydrogens is 242 g/mol. The molecule has 2 rings (SSSR count). The van der Waals surface area contributed by atoms with Gasteiger partial charge in [0.15, 0.2) is 0 Å². The van der Waals surface area contributed by atoms with Crippen LogP contribution in [0.3, 0.4) is 0 Å². The van der Waals surface area contributed by atoms with Crippen LogP contribution in [-0.2, 0) is 4.74 Å². The Hall–Kier alpha value is -0.380. The zero-order valence-corrected chi connectivity index (χ0v) is 9.75. The molecule has 2 unspecified atom stereocenters. The number of nitrogens with two attached hydrogens (primary N) is 1. The quantitative estimate of drug-likeness (QED) is 0.838. The maximum Gasteiger partial charge on any atom is 0.0976 e. The van der Waals surface area contributed by atoms with Crippen LogP contribution in [0.25, 0.3) is 0 Å². The standard InChI is InChI=1S/C11H14BrNO/c1-7-2-3-8(6-9(7)12)11-10(13)4-5-14-11/h2-3,6,10-11H,4-5,13H2,1H3. The molecule has 14 heavy (non-hydrogen) atoms. The van der Waals surface area contributed by atoms with Crippen molar-refractivity contribution in [3.8, 4) is 0 Å². The normalized spacial score (nSPS) is 26.8. The SMILES string of the molecule is Cc1ccc(C2OCCC2N)cc1Br. The Balaban J connectivity index is 2.28. The summed E-state index contributed by atoms with van der Waals surface area (Å²) >= 11 is 3.52. The van der Waals surface area contributed by atoms with Crippen molar-refractivity contribution >= 4 is 15.9 Å². The summed E-state index contributed by atoms with van der Waals surface area (Å²) in [5, 5.41) is 0. The highest BCUT2D eigenvalue weighted by Crippen LogP contribution is 2.30. The number of hydrogen-bond donors (Lipinski definition) is 1. The van der Waals surface area contributed by atoms with Crippen LogP contribution in [0.1, 0.15) is 23.7 Å². The average Bonchev–Trinajstić information content (AvgIpc) is 2.57. The molecule has 2 atom stereocenters. The maximum absolute atomic E-state index is 5.96. The van der Waals surface area contributed by atoms with Gasteiger partial charge in [0.2, 0.25) is 0 Å². The average molecular weight is 256 g/mol. The predicted molar refractivity (Wildman–Crippen MR) is 60.2 cm³/mol. The molecule has 0 spiro atoms. The third-order valence-corrected chi connectivity index (χ3v) is 3.52. The minimum absolute atomic E-state index is 0.0758. The van der Waals surface area contributed by atoms with E-state index >= 15 is 0 Å². The molecule has 2 N–H and O–H groups in total. The van der Waals surface area contributed by atoms with Crippen molar-refractivity contribution in [1.29, 1.82) is 0 Å². The molecule has 2 nitrogen and oxygen atoms in total. The van der Waals surface area contributed by atoms with Gasteiger partial charge in [-0.15, -0.1) is 0 Å². The van der Waals surface area contributed by atoms with E-state index in [0.29, 0.717) is 0 Å². The first-order valence-electron chi connectivity index (χ1n) is 4.81. The van der Waals surface area contributed by atoms with E-state index in [1.165, 1.54) is 11.1 Å². The van der Waals surface area contributed by atoms with Gasteiger partial charge in [0, 0.05) is 17.1 Å². The first-order chi connectivity index (χ1) is 6.68. The van der Waals surface area contributed by atoms with E-state index < -0.39 is 0 Å². The summed E-state index contributed by atoms with van der Waals surface area (Å²) in [7, 11) is 0. The molecule has 1 aromatic rings. The van der Waals surface area contributed by atoms with Crippen LogP contribution >= 0.6 is 15.9 Å². The van der Waals surface area contributed by atoms with Gasteiger partial charge in [-0.3, -0.25) is 0 Å². The largest absolute Gasteiger partial charge is 0.372 e. The summed E-state index contributed by atoms with van der Waals surface area (Å²) in [6, 6.07) is 6.43. The van der Waals surface area contributed by atoms with Gasteiger partial charge in [-0.25, -0.2) is 0 Å². The summed E-state index contributed by atoms with van der Waals surface area (Å²) in [6.45, 7) is 2.85. The van der Waals surface area contributed by atoms with Gasteiger partial charge in [0.1, 0.15) is 0 Å². The molecule has 0 amide bonds. The first kappa shape index (κ1) is 10.1. The lowest BCUT2D eigenvalue weighted by Gasteiger charge is -2.15. The van der Waals surface area contributed by atoms with E-state index in [1.54, 1.807) is 0 Å². The predicted octanol–water partition coefficient (Wildman–Crippen LogP) is 2.55. The lowest BCUT2D eigenvalue weighted by molar-refractivity contribution is 0.105. The van der Waals surface area contributed by atoms with E-state index in [9.17, 15) is 0 Å². The van der Waals surface area contributed by atoms with Gasteiger partial charge in [-0.05, 0) is 30.5 Å². The Kier molecular flexibility index (Phi) is 2.91. The lowest BCUT2D eigenvalue weighted by atomic mass is 10.0. The highest BCUT2D eigenvalue weighted by molar-refractivity contribution is 9.10. The summed E-state index contributed by atoms with van der Waals surface area (Å²) in [6.07, 6.45) is 1.03. The number of benzene rings is 1. The van der Waals surface area contributed by atoms with Gasteiger partial charge in [0.05, 0.1) is 6.10 Å². The fourth-order valence-corrected chi connectivity index (χ4v) is 2.13. The number of aryl methyl sites for hydroxylation is 1. The summed E-state index contributed by atoms with van der Waals surface area (Å²) < 4.78 is 6.72. The van der Waals surface area contributed by atoms with Gasteiger partial charge in [-0.1, -0.05) is 28.1 Å². The van der Waals surface area contributed by atoms with E-state index in [-0.39, 0.29) is 12.1 Å². The zero-order chi connectivity index (χ0) is 10.1. The first-order valence-corrected chi connectivity index (χ1v) is 5.61. The molecule has 1 saturated heterocycles. The zero-order valence-electron chi connectivity index (χ0n) is 8.16. The lowest BCUT2D eigenvalue weighted by Crippen LogP contribution is -2.23. The Morgan fingerprint density at radius 1 is 1.50 bits per heavy atom. The Morgan fingerprint density at radius 2 is 2.29 bits per heavy atom. The van der Waals surface area contributed by atoms with Crippen LogP contribution in [0.4, 0.5) is 0 Å². The van der Waals surface area contributed by atoms with E-state index in [0.717, 1.165) is 17.5 Å². The molecule has 1 aliphatic rings. The van der Waals surface area contributed by atoms with Gasteiger partial charge < -0.3 is 10.5 Å². The highest BCUT2D eigenvalue weighted by atomic mass is 79.9. The number of hydrogen-bond acceptors (Lipinski definition) is 2. The van der Waals surface area contributed by atoms with Crippen LogP contribution in [0.15, 0.2) is 22.7 Å². The van der Waals surface area contributed by atoms with Crippen molar-refractivity contribution in [2.45, 2.75) is 25.5 Å². The molecule has 0 aliphatic carbocycles. The van der Waals surface area contributed by atoms with Crippen molar-refractivity contribution in [3.63, 3.8) is 0 Å². The molecule has 0 aromatic heterocycles. The van der Waals surface area contributed by atoms with Crippen molar-refractivity contribution in [1.82, 2.24) is 0 Å². The second-order valence-corrected chi connectivity index (χ2v) is 4.61. The Bertz CT molecular complexity index is 340. The third-order valence-electron chi connectivity index (χ3n) is 2.66. The van der Waals surface area contributed by atoms with Crippen LogP contribution in [0.5, 0.6) is 0 Å². The highest BCUT2D eigenvalue weighted by Gasteiger charge is 2.26. The smallest absolute Gasteiger partial charge is 0.0976 e. The van der Waals surface area contributed by atoms with E-state index in [1.807, 2.05) is 0 Å². The van der Waals surface area contributed by atoms with Gasteiger partial charge in [0.25, 0.3) is 0 Å². The van der Waals surface area contributed by atoms with Crippen molar-refractivity contribution in [3.05, 3.63) is 33.8 Å². The molecule has 3 heteroatoms. The fraction of sp³-hybridized carbons (Fsp3) is 0.455. The Morgan fingerprint density at radius 3 is 2.86 bits per heavy atom. The molecule has 1 fully saturated rings. The second-order valence-electron chi connectivity index (χ2n) is 3.75. The van der Waals surface area contributed by atoms with E-state index in [2.05, 4.69) is 41.1 Å². The minimum atomic E-state index is 0.0758. The van der Waals surface area contributed by atoms with Crippen LogP contribution in [0, 0.1) is 6.92 Å². The molecule has 0 saturated carbocycles. The monoisotopic (exact) mass is 255 g/mol. The van der Waals surface area contributed by atoms with Crippen LogP contribution in [-0.4, -0.2) is 12.6 Å². The van der Waals surface area contributed by atoms with Gasteiger partial charge in [-0.2, -0.15) is 0 Å².